The first-order valence-electron chi connectivity index (χ1n) is 2.48. The van der Waals surface area contributed by atoms with E-state index in [-0.39, 0.29) is 25.9 Å². The van der Waals surface area contributed by atoms with Gasteiger partial charge in [0.2, 0.25) is 0 Å². The quantitative estimate of drug-likeness (QED) is 0.599. The first-order chi connectivity index (χ1) is 4.33. The van der Waals surface area contributed by atoms with E-state index in [1.165, 1.54) is 0 Å². The fourth-order valence-electron chi connectivity index (χ4n) is 0.524. The Hall–Kier alpha value is -0.0438. The molecule has 0 saturated carbocycles. The third-order valence-electron chi connectivity index (χ3n) is 0.973. The van der Waals surface area contributed by atoms with Gasteiger partial charge in [-0.15, -0.1) is 0 Å². The van der Waals surface area contributed by atoms with Gasteiger partial charge in [0.1, 0.15) is 0 Å². The van der Waals surface area contributed by atoms with Crippen LogP contribution in [0.5, 0.6) is 0 Å². The molecule has 0 atom stereocenters. The van der Waals surface area contributed by atoms with Gasteiger partial charge in [-0.1, -0.05) is 15.9 Å². The minimum absolute atomic E-state index is 0. The molecular weight excluding hydrogens is 202 g/mol. The van der Waals surface area contributed by atoms with Crippen molar-refractivity contribution in [3.8, 4) is 6.07 Å². The summed E-state index contributed by atoms with van der Waals surface area (Å²) in [6.07, 6.45) is 0. The van der Waals surface area contributed by atoms with E-state index in [1.807, 2.05) is 18.2 Å². The maximum absolute atomic E-state index is 8.36. The Labute approximate surface area is 87.3 Å². The Kier molecular flexibility index (Phi) is 4.70. The maximum atomic E-state index is 8.36. The van der Waals surface area contributed by atoms with Crippen molar-refractivity contribution in [2.45, 2.75) is 0 Å². The van der Waals surface area contributed by atoms with Crippen molar-refractivity contribution in [1.29, 1.82) is 5.26 Å². The Balaban J connectivity index is -0.000000270. The van der Waals surface area contributed by atoms with Crippen LogP contribution in [-0.4, -0.2) is 23.1 Å². The van der Waals surface area contributed by atoms with Crippen LogP contribution in [0.3, 0.4) is 0 Å². The molecule has 0 heterocycles. The second-order valence-corrected chi connectivity index (χ2v) is 2.53. The van der Waals surface area contributed by atoms with Crippen LogP contribution in [0.4, 0.5) is 0 Å². The maximum Gasteiger partial charge on any atom is 2.00 e. The predicted molar refractivity (Wildman–Crippen MR) is 46.8 cm³/mol. The first-order valence-corrected chi connectivity index (χ1v) is 3.28. The van der Waals surface area contributed by atoms with Gasteiger partial charge in [0.25, 0.3) is 0 Å². The van der Waals surface area contributed by atoms with Gasteiger partial charge in [-0.05, 0) is 24.3 Å². The summed E-state index contributed by atoms with van der Waals surface area (Å²) in [6, 6.07) is 9.26. The minimum atomic E-state index is 0. The molecule has 0 unspecified atom stereocenters. The average Bonchev–Trinajstić information content (AvgIpc) is 1.90. The molecule has 0 saturated heterocycles. The summed E-state index contributed by atoms with van der Waals surface area (Å²) in [5, 5.41) is 8.36. The van der Waals surface area contributed by atoms with Crippen LogP contribution in [0.1, 0.15) is 8.42 Å². The van der Waals surface area contributed by atoms with Crippen molar-refractivity contribution in [1.82, 2.24) is 0 Å². The smallest absolute Gasteiger partial charge is 1.00 e. The number of halogens is 1. The molecule has 0 aromatic heterocycles. The molecule has 1 aromatic carbocycles. The van der Waals surface area contributed by atoms with E-state index in [0.717, 1.165) is 4.47 Å². The summed E-state index contributed by atoms with van der Waals surface area (Å²) in [7, 11) is 0. The molecule has 0 aliphatic carbocycles. The summed E-state index contributed by atoms with van der Waals surface area (Å²) in [4.78, 5) is 0. The second-order valence-electron chi connectivity index (χ2n) is 1.62. The second kappa shape index (κ2) is 4.72. The Morgan fingerprint density at radius 3 is 2.20 bits per heavy atom. The Bertz CT molecular complexity index is 245. The van der Waals surface area contributed by atoms with Crippen molar-refractivity contribution in [3.63, 3.8) is 0 Å². The molecule has 3 heteroatoms. The Morgan fingerprint density at radius 1 is 1.30 bits per heavy atom. The van der Waals surface area contributed by atoms with Gasteiger partial charge in [-0.3, -0.25) is 0 Å². The molecule has 0 spiro atoms. The SMILES string of the molecule is N#Cc1ccc(Br)cc1.[H-].[H-].[Mg+2]. The molecule has 1 aromatic rings. The van der Waals surface area contributed by atoms with Crippen LogP contribution in [0.25, 0.3) is 0 Å². The van der Waals surface area contributed by atoms with E-state index in [2.05, 4.69) is 15.9 Å². The van der Waals surface area contributed by atoms with Crippen molar-refractivity contribution in [3.05, 3.63) is 34.3 Å². The van der Waals surface area contributed by atoms with Crippen molar-refractivity contribution in [2.75, 3.05) is 0 Å². The van der Waals surface area contributed by atoms with Crippen molar-refractivity contribution in [2.24, 2.45) is 0 Å². The fraction of sp³-hybridized carbons (Fsp3) is 0. The third-order valence-corrected chi connectivity index (χ3v) is 1.50. The summed E-state index contributed by atoms with van der Waals surface area (Å²) in [5.41, 5.74) is 0.693. The van der Waals surface area contributed by atoms with Gasteiger partial charge in [0.15, 0.2) is 0 Å². The van der Waals surface area contributed by atoms with Gasteiger partial charge in [-0.25, -0.2) is 0 Å². The normalized spacial score (nSPS) is 7.60. The predicted octanol–water partition coefficient (Wildman–Crippen LogP) is 2.16. The number of hydrogen-bond acceptors (Lipinski definition) is 1. The molecule has 0 N–H and O–H groups in total. The zero-order valence-electron chi connectivity index (χ0n) is 7.34. The average molecular weight is 208 g/mol. The number of hydrogen-bond donors (Lipinski definition) is 0. The Morgan fingerprint density at radius 2 is 1.80 bits per heavy atom. The number of benzene rings is 1. The minimum Gasteiger partial charge on any atom is -1.00 e. The van der Waals surface area contributed by atoms with Crippen molar-refractivity contribution < 1.29 is 2.85 Å². The third kappa shape index (κ3) is 2.69. The molecule has 0 radical (unpaired) electrons. The van der Waals surface area contributed by atoms with E-state index in [9.17, 15) is 0 Å². The van der Waals surface area contributed by atoms with Crippen molar-refractivity contribution >= 4 is 39.0 Å². The molecule has 0 bridgehead atoms. The molecule has 48 valence electrons. The van der Waals surface area contributed by atoms with Gasteiger partial charge < -0.3 is 2.85 Å². The largest absolute Gasteiger partial charge is 2.00 e. The summed E-state index contributed by atoms with van der Waals surface area (Å²) in [6.45, 7) is 0. The standard InChI is InChI=1S/C7H4BrN.Mg.2H/c8-7-3-1-6(5-9)2-4-7;;;/h1-4H;;;/q;+2;2*-1. The van der Waals surface area contributed by atoms with Crippen LogP contribution in [0, 0.1) is 11.3 Å². The zero-order chi connectivity index (χ0) is 6.69. The van der Waals surface area contributed by atoms with E-state index < -0.39 is 0 Å². The van der Waals surface area contributed by atoms with Crippen LogP contribution >= 0.6 is 15.9 Å². The number of nitrogens with zero attached hydrogens (tertiary/aromatic N) is 1. The van der Waals surface area contributed by atoms with Gasteiger partial charge >= 0.3 is 23.1 Å². The first kappa shape index (κ1) is 9.96. The monoisotopic (exact) mass is 207 g/mol. The topological polar surface area (TPSA) is 23.8 Å². The molecule has 0 aliphatic heterocycles. The van der Waals surface area contributed by atoms with Crippen LogP contribution in [0.2, 0.25) is 0 Å². The van der Waals surface area contributed by atoms with Gasteiger partial charge in [-0.2, -0.15) is 5.26 Å². The van der Waals surface area contributed by atoms with Crippen LogP contribution in [-0.2, 0) is 0 Å². The number of rotatable bonds is 0. The fourth-order valence-corrected chi connectivity index (χ4v) is 0.789. The van der Waals surface area contributed by atoms with E-state index >= 15 is 0 Å². The zero-order valence-corrected chi connectivity index (χ0v) is 8.34. The van der Waals surface area contributed by atoms with Gasteiger partial charge in [0, 0.05) is 4.47 Å². The molecule has 0 fully saturated rings. The summed E-state index contributed by atoms with van der Waals surface area (Å²) >= 11 is 3.27. The molecule has 10 heavy (non-hydrogen) atoms. The number of nitriles is 1. The van der Waals surface area contributed by atoms with E-state index in [4.69, 9.17) is 5.26 Å². The molecule has 1 rings (SSSR count). The van der Waals surface area contributed by atoms with Crippen LogP contribution in [0.15, 0.2) is 28.7 Å². The summed E-state index contributed by atoms with van der Waals surface area (Å²) < 4.78 is 1.00. The van der Waals surface area contributed by atoms with Gasteiger partial charge in [0.05, 0.1) is 11.6 Å². The molecule has 0 amide bonds. The molecule has 0 aliphatic rings. The molecular formula is C7H6BrMgN. The summed E-state index contributed by atoms with van der Waals surface area (Å²) in [5.74, 6) is 0. The molecule has 1 nitrogen and oxygen atoms in total. The van der Waals surface area contributed by atoms with E-state index in [1.54, 1.807) is 12.1 Å². The van der Waals surface area contributed by atoms with E-state index in [0.29, 0.717) is 5.56 Å². The van der Waals surface area contributed by atoms with Crippen LogP contribution < -0.4 is 0 Å².